The van der Waals surface area contributed by atoms with Crippen LogP contribution in [0.2, 0.25) is 0 Å². The van der Waals surface area contributed by atoms with Crippen molar-refractivity contribution < 1.29 is 42.1 Å². The zero-order valence-corrected chi connectivity index (χ0v) is 40.1. The number of carbonyl (C=O) groups excluding carboxylic acids is 2. The SMILES string of the molecule is CCCCCC/C=C/C=C/CCCCCCCC(=O)OC[C@H](COP(=O)([O-])OCC[N+](C)(C)C)OC(=O)CCCCCCCCCCCCCCCCCCCCCC. The Labute approximate surface area is 364 Å². The molecule has 2 atom stereocenters. The second-order valence-electron chi connectivity index (χ2n) is 17.9. The number of phosphoric acid groups is 1. The zero-order chi connectivity index (χ0) is 43.6. The van der Waals surface area contributed by atoms with Gasteiger partial charge in [0.2, 0.25) is 0 Å². The van der Waals surface area contributed by atoms with Gasteiger partial charge in [-0.2, -0.15) is 0 Å². The van der Waals surface area contributed by atoms with E-state index in [1.165, 1.54) is 135 Å². The number of rotatable bonds is 45. The molecule has 348 valence electrons. The van der Waals surface area contributed by atoms with E-state index in [1.807, 2.05) is 21.1 Å². The van der Waals surface area contributed by atoms with E-state index in [1.54, 1.807) is 0 Å². The van der Waals surface area contributed by atoms with Gasteiger partial charge < -0.3 is 27.9 Å². The molecule has 0 aromatic rings. The maximum absolute atomic E-state index is 12.7. The Kier molecular flexibility index (Phi) is 40.8. The molecule has 0 bridgehead atoms. The van der Waals surface area contributed by atoms with Crippen LogP contribution in [-0.2, 0) is 32.7 Å². The van der Waals surface area contributed by atoms with Gasteiger partial charge in [0.15, 0.2) is 6.10 Å². The fourth-order valence-electron chi connectivity index (χ4n) is 6.88. The maximum atomic E-state index is 12.7. The molecule has 59 heavy (non-hydrogen) atoms. The van der Waals surface area contributed by atoms with Crippen LogP contribution in [0, 0.1) is 0 Å². The smallest absolute Gasteiger partial charge is 0.306 e. The van der Waals surface area contributed by atoms with E-state index >= 15 is 0 Å². The largest absolute Gasteiger partial charge is 0.756 e. The number of hydrogen-bond donors (Lipinski definition) is 0. The number of quaternary nitrogens is 1. The lowest BCUT2D eigenvalue weighted by Gasteiger charge is -2.28. The molecule has 0 aliphatic heterocycles. The zero-order valence-electron chi connectivity index (χ0n) is 39.2. The summed E-state index contributed by atoms with van der Waals surface area (Å²) in [5.41, 5.74) is 0. The van der Waals surface area contributed by atoms with Crippen molar-refractivity contribution in [2.75, 3.05) is 47.5 Å². The van der Waals surface area contributed by atoms with Crippen LogP contribution < -0.4 is 4.89 Å². The summed E-state index contributed by atoms with van der Waals surface area (Å²) in [6, 6.07) is 0. The third-order valence-electron chi connectivity index (χ3n) is 10.8. The number of esters is 2. The van der Waals surface area contributed by atoms with Crippen molar-refractivity contribution in [3.63, 3.8) is 0 Å². The van der Waals surface area contributed by atoms with E-state index in [-0.39, 0.29) is 26.1 Å². The normalized spacial score (nSPS) is 13.7. The van der Waals surface area contributed by atoms with Gasteiger partial charge in [0, 0.05) is 12.8 Å². The van der Waals surface area contributed by atoms with Crippen molar-refractivity contribution in [3.05, 3.63) is 24.3 Å². The molecule has 0 aromatic carbocycles. The lowest BCUT2D eigenvalue weighted by molar-refractivity contribution is -0.870. The monoisotopic (exact) mass is 856 g/mol. The Bertz CT molecular complexity index is 1060. The molecule has 0 saturated carbocycles. The minimum absolute atomic E-state index is 0.0313. The van der Waals surface area contributed by atoms with E-state index < -0.39 is 32.5 Å². The molecule has 0 aliphatic carbocycles. The van der Waals surface area contributed by atoms with Crippen LogP contribution >= 0.6 is 7.82 Å². The minimum atomic E-state index is -4.63. The molecule has 1 unspecified atom stereocenters. The first-order chi connectivity index (χ1) is 28.5. The summed E-state index contributed by atoms with van der Waals surface area (Å²) in [5.74, 6) is -0.842. The van der Waals surface area contributed by atoms with Crippen molar-refractivity contribution in [2.24, 2.45) is 0 Å². The molecular formula is C49H94NO8P. The van der Waals surface area contributed by atoms with Gasteiger partial charge in [-0.1, -0.05) is 199 Å². The van der Waals surface area contributed by atoms with Gasteiger partial charge in [0.05, 0.1) is 27.7 Å². The van der Waals surface area contributed by atoms with Crippen LogP contribution in [0.4, 0.5) is 0 Å². The third kappa shape index (κ3) is 45.8. The number of carbonyl (C=O) groups is 2. The van der Waals surface area contributed by atoms with Crippen LogP contribution in [0.5, 0.6) is 0 Å². The van der Waals surface area contributed by atoms with Crippen molar-refractivity contribution in [2.45, 2.75) is 232 Å². The van der Waals surface area contributed by atoms with Crippen LogP contribution in [0.25, 0.3) is 0 Å². The molecule has 0 rings (SSSR count). The average Bonchev–Trinajstić information content (AvgIpc) is 3.19. The van der Waals surface area contributed by atoms with Crippen LogP contribution in [0.1, 0.15) is 226 Å². The van der Waals surface area contributed by atoms with Crippen LogP contribution in [0.3, 0.4) is 0 Å². The second kappa shape index (κ2) is 41.8. The third-order valence-corrected chi connectivity index (χ3v) is 11.7. The van der Waals surface area contributed by atoms with E-state index in [0.717, 1.165) is 51.4 Å². The number of phosphoric ester groups is 1. The van der Waals surface area contributed by atoms with Gasteiger partial charge in [0.1, 0.15) is 19.8 Å². The maximum Gasteiger partial charge on any atom is 0.306 e. The number of hydrogen-bond acceptors (Lipinski definition) is 8. The van der Waals surface area contributed by atoms with Crippen molar-refractivity contribution in [1.82, 2.24) is 0 Å². The summed E-state index contributed by atoms with van der Waals surface area (Å²) in [4.78, 5) is 37.6. The van der Waals surface area contributed by atoms with E-state index in [4.69, 9.17) is 18.5 Å². The molecule has 9 nitrogen and oxygen atoms in total. The van der Waals surface area contributed by atoms with Gasteiger partial charge in [-0.15, -0.1) is 0 Å². The summed E-state index contributed by atoms with van der Waals surface area (Å²) in [7, 11) is 1.17. The number of unbranched alkanes of at least 4 members (excludes halogenated alkanes) is 28. The molecule has 0 N–H and O–H groups in total. The molecule has 10 heteroatoms. The summed E-state index contributed by atoms with van der Waals surface area (Å²) < 4.78 is 34.0. The molecule has 0 fully saturated rings. The minimum Gasteiger partial charge on any atom is -0.756 e. The van der Waals surface area contributed by atoms with Gasteiger partial charge in [-0.25, -0.2) is 0 Å². The Morgan fingerprint density at radius 3 is 1.32 bits per heavy atom. The molecule has 0 heterocycles. The highest BCUT2D eigenvalue weighted by molar-refractivity contribution is 7.45. The fourth-order valence-corrected chi connectivity index (χ4v) is 7.61. The molecule has 0 spiro atoms. The Balaban J connectivity index is 4.26. The predicted molar refractivity (Wildman–Crippen MR) is 245 cm³/mol. The first-order valence-corrected chi connectivity index (χ1v) is 26.0. The summed E-state index contributed by atoms with van der Waals surface area (Å²) >= 11 is 0. The topological polar surface area (TPSA) is 111 Å². The first kappa shape index (κ1) is 57.5. The highest BCUT2D eigenvalue weighted by Gasteiger charge is 2.21. The lowest BCUT2D eigenvalue weighted by Crippen LogP contribution is -2.37. The van der Waals surface area contributed by atoms with Gasteiger partial charge >= 0.3 is 11.9 Å². The summed E-state index contributed by atoms with van der Waals surface area (Å²) in [6.07, 6.45) is 46.3. The quantitative estimate of drug-likeness (QED) is 0.0196. The number of likely N-dealkylation sites (N-methyl/N-ethyl adjacent to an activating group) is 1. The number of nitrogens with zero attached hydrogens (tertiary/aromatic N) is 1. The van der Waals surface area contributed by atoms with E-state index in [0.29, 0.717) is 23.9 Å². The standard InChI is InChI=1S/C49H94NO8P/c1-6-8-10-12-14-16-18-20-22-23-24-25-26-28-30-32-34-36-38-40-42-49(52)58-47(46-57-59(53,54)56-44-43-50(3,4)5)45-55-48(51)41-39-37-35-33-31-29-27-21-19-17-15-13-11-9-7-2/h17,19,21,27,47H,6-16,18,20,22-26,28-46H2,1-5H3/b19-17+,27-21+/t47-/m1/s1. The number of allylic oxidation sites excluding steroid dienone is 4. The van der Waals surface area contributed by atoms with Crippen molar-refractivity contribution in [3.8, 4) is 0 Å². The lowest BCUT2D eigenvalue weighted by atomic mass is 10.0. The Morgan fingerprint density at radius 1 is 0.525 bits per heavy atom. The fraction of sp³-hybridized carbons (Fsp3) is 0.878. The first-order valence-electron chi connectivity index (χ1n) is 24.6. The predicted octanol–water partition coefficient (Wildman–Crippen LogP) is 13.7. The molecular weight excluding hydrogens is 762 g/mol. The second-order valence-corrected chi connectivity index (χ2v) is 19.3. The summed E-state index contributed by atoms with van der Waals surface area (Å²) in [6.45, 7) is 4.22. The Hall–Kier alpha value is -1.51. The summed E-state index contributed by atoms with van der Waals surface area (Å²) in [5, 5.41) is 0. The van der Waals surface area contributed by atoms with Gasteiger partial charge in [0.25, 0.3) is 7.82 Å². The highest BCUT2D eigenvalue weighted by Crippen LogP contribution is 2.38. The molecule has 0 amide bonds. The average molecular weight is 856 g/mol. The van der Waals surface area contributed by atoms with Crippen LogP contribution in [0.15, 0.2) is 24.3 Å². The molecule has 0 aromatic heterocycles. The van der Waals surface area contributed by atoms with Crippen LogP contribution in [-0.4, -0.2) is 70.0 Å². The van der Waals surface area contributed by atoms with E-state index in [2.05, 4.69) is 38.2 Å². The Morgan fingerprint density at radius 2 is 0.898 bits per heavy atom. The highest BCUT2D eigenvalue weighted by atomic mass is 31.2. The van der Waals surface area contributed by atoms with Crippen molar-refractivity contribution in [1.29, 1.82) is 0 Å². The number of ether oxygens (including phenoxy) is 2. The van der Waals surface area contributed by atoms with Gasteiger partial charge in [-0.05, 0) is 38.5 Å². The van der Waals surface area contributed by atoms with E-state index in [9.17, 15) is 19.0 Å². The molecule has 0 aliphatic rings. The molecule has 0 radical (unpaired) electrons. The van der Waals surface area contributed by atoms with Crippen molar-refractivity contribution >= 4 is 19.8 Å². The van der Waals surface area contributed by atoms with Gasteiger partial charge in [-0.3, -0.25) is 14.2 Å². The molecule has 0 saturated heterocycles.